The van der Waals surface area contributed by atoms with Crippen molar-refractivity contribution in [3.63, 3.8) is 0 Å². The van der Waals surface area contributed by atoms with Crippen LogP contribution in [-0.4, -0.2) is 56.4 Å². The number of halogens is 1. The summed E-state index contributed by atoms with van der Waals surface area (Å²) < 4.78 is 36.3. The zero-order valence-corrected chi connectivity index (χ0v) is 28.9. The molecule has 1 saturated carbocycles. The number of aliphatic hydroxyl groups excluding tert-OH is 1. The number of benzene rings is 3. The summed E-state index contributed by atoms with van der Waals surface area (Å²) in [4.78, 5) is 28.9. The third-order valence-corrected chi connectivity index (χ3v) is 12.8. The zero-order chi connectivity index (χ0) is 34.2. The van der Waals surface area contributed by atoms with E-state index in [1.165, 1.54) is 11.1 Å². The highest BCUT2D eigenvalue weighted by atomic mass is 35.5. The number of nitrogens with one attached hydrogen (secondary N) is 2. The maximum Gasteiger partial charge on any atom is 0.264 e. The number of allylic oxidation sites excluding steroid dienone is 1. The molecule has 5 atom stereocenters. The van der Waals surface area contributed by atoms with Gasteiger partial charge in [0.25, 0.3) is 5.91 Å². The smallest absolute Gasteiger partial charge is 0.264 e. The minimum Gasteiger partial charge on any atom is -0.490 e. The molecule has 0 unspecified atom stereocenters. The number of anilines is 2. The number of hydrogen-bond acceptors (Lipinski definition) is 7. The van der Waals surface area contributed by atoms with Crippen LogP contribution in [0.3, 0.4) is 0 Å². The average molecular weight is 704 g/mol. The quantitative estimate of drug-likeness (QED) is 0.286. The standard InChI is InChI=1S/C38H42ClN3O6S/c39-28-14-16-32-25(19-28)7-6-18-38(32)23-42-22-27-12-15-31(27)34(43)11-5-4-10-30(21-36(44)40-29-8-2-1-3-9-29)49(46,47)41-37(45)26-13-17-35(48-24-38)33(42)20-26/h1-3,5,8-9,11,13-14,16-17,19-20,27,30-31,34,43H,4,6-7,10,12,15,18,21-24H2,(H,40,44)(H,41,45)/b11-5-/t27-,30-,31+,34-,38-/m0/s1. The number of nitrogens with zero attached hydrogens (tertiary/aromatic N) is 1. The van der Waals surface area contributed by atoms with Crippen molar-refractivity contribution in [3.8, 4) is 5.75 Å². The number of amides is 2. The molecule has 1 spiro atoms. The van der Waals surface area contributed by atoms with E-state index in [4.69, 9.17) is 16.3 Å². The number of para-hydroxylation sites is 1. The van der Waals surface area contributed by atoms with Gasteiger partial charge in [0.15, 0.2) is 0 Å². The Kier molecular flexibility index (Phi) is 9.47. The van der Waals surface area contributed by atoms with Crippen LogP contribution in [-0.2, 0) is 26.7 Å². The number of sulfonamides is 1. The summed E-state index contributed by atoms with van der Waals surface area (Å²) in [6.07, 6.45) is 7.69. The topological polar surface area (TPSA) is 125 Å². The second-order valence-electron chi connectivity index (χ2n) is 14.0. The Labute approximate surface area is 292 Å². The van der Waals surface area contributed by atoms with Gasteiger partial charge in [-0.1, -0.05) is 48.0 Å². The Morgan fingerprint density at radius 3 is 2.71 bits per heavy atom. The molecular weight excluding hydrogens is 662 g/mol. The molecule has 2 aliphatic carbocycles. The first-order valence-electron chi connectivity index (χ1n) is 17.2. The predicted molar refractivity (Wildman–Crippen MR) is 191 cm³/mol. The number of carbonyl (C=O) groups is 2. The minimum absolute atomic E-state index is 0.0489. The van der Waals surface area contributed by atoms with Gasteiger partial charge in [0.05, 0.1) is 23.6 Å². The van der Waals surface area contributed by atoms with Gasteiger partial charge in [-0.3, -0.25) is 9.59 Å². The number of hydrogen-bond donors (Lipinski definition) is 3. The van der Waals surface area contributed by atoms with Gasteiger partial charge >= 0.3 is 0 Å². The summed E-state index contributed by atoms with van der Waals surface area (Å²) in [5, 5.41) is 13.5. The lowest BCUT2D eigenvalue weighted by molar-refractivity contribution is -0.116. The van der Waals surface area contributed by atoms with Crippen LogP contribution >= 0.6 is 11.6 Å². The van der Waals surface area contributed by atoms with Crippen molar-refractivity contribution in [3.05, 3.63) is 101 Å². The lowest BCUT2D eigenvalue weighted by atomic mass is 9.68. The third kappa shape index (κ3) is 7.09. The molecular formula is C38H42ClN3O6S. The summed E-state index contributed by atoms with van der Waals surface area (Å²) in [7, 11) is -4.27. The minimum atomic E-state index is -4.27. The van der Waals surface area contributed by atoms with Gasteiger partial charge in [-0.15, -0.1) is 0 Å². The average Bonchev–Trinajstić information content (AvgIpc) is 3.21. The summed E-state index contributed by atoms with van der Waals surface area (Å²) in [5.41, 5.74) is 3.61. The van der Waals surface area contributed by atoms with Crippen molar-refractivity contribution in [2.24, 2.45) is 11.8 Å². The number of rotatable bonds is 3. The molecule has 3 aromatic carbocycles. The third-order valence-electron chi connectivity index (χ3n) is 10.8. The monoisotopic (exact) mass is 703 g/mol. The number of ether oxygens (including phenoxy) is 1. The Hall–Kier alpha value is -3.86. The molecule has 2 heterocycles. The van der Waals surface area contributed by atoms with Crippen LogP contribution in [0.5, 0.6) is 5.75 Å². The van der Waals surface area contributed by atoms with Crippen molar-refractivity contribution in [1.82, 2.24) is 4.72 Å². The molecule has 11 heteroatoms. The molecule has 4 aliphatic rings. The van der Waals surface area contributed by atoms with E-state index in [2.05, 4.69) is 27.1 Å². The van der Waals surface area contributed by atoms with Crippen LogP contribution in [0.4, 0.5) is 11.4 Å². The van der Waals surface area contributed by atoms with Crippen LogP contribution in [0.25, 0.3) is 0 Å². The molecule has 9 nitrogen and oxygen atoms in total. The van der Waals surface area contributed by atoms with Crippen molar-refractivity contribution < 1.29 is 27.9 Å². The van der Waals surface area contributed by atoms with Crippen LogP contribution in [0, 0.1) is 11.8 Å². The normalized spacial score (nSPS) is 28.4. The summed E-state index contributed by atoms with van der Waals surface area (Å²) in [5.74, 6) is -0.329. The summed E-state index contributed by atoms with van der Waals surface area (Å²) in [6, 6.07) is 20.0. The molecule has 0 saturated heterocycles. The van der Waals surface area contributed by atoms with E-state index in [9.17, 15) is 23.1 Å². The van der Waals surface area contributed by atoms with E-state index in [0.29, 0.717) is 42.6 Å². The largest absolute Gasteiger partial charge is 0.490 e. The molecule has 49 heavy (non-hydrogen) atoms. The molecule has 2 bridgehead atoms. The van der Waals surface area contributed by atoms with E-state index in [0.717, 1.165) is 37.8 Å². The number of aliphatic hydroxyl groups is 1. The van der Waals surface area contributed by atoms with Crippen molar-refractivity contribution in [2.75, 3.05) is 29.9 Å². The Bertz CT molecular complexity index is 1870. The van der Waals surface area contributed by atoms with Gasteiger partial charge in [0.2, 0.25) is 15.9 Å². The van der Waals surface area contributed by atoms with Gasteiger partial charge in [0.1, 0.15) is 5.75 Å². The van der Waals surface area contributed by atoms with Crippen LogP contribution in [0.1, 0.15) is 66.4 Å². The second kappa shape index (κ2) is 13.8. The fourth-order valence-electron chi connectivity index (χ4n) is 8.05. The van der Waals surface area contributed by atoms with E-state index in [1.807, 2.05) is 12.1 Å². The second-order valence-corrected chi connectivity index (χ2v) is 16.4. The van der Waals surface area contributed by atoms with Crippen molar-refractivity contribution in [1.29, 1.82) is 0 Å². The van der Waals surface area contributed by atoms with Crippen molar-refractivity contribution >= 4 is 44.8 Å². The molecule has 2 amide bonds. The van der Waals surface area contributed by atoms with Crippen LogP contribution < -0.4 is 19.7 Å². The number of carbonyl (C=O) groups excluding carboxylic acids is 2. The molecule has 3 aromatic rings. The highest BCUT2D eigenvalue weighted by Crippen LogP contribution is 2.46. The van der Waals surface area contributed by atoms with E-state index in [-0.39, 0.29) is 35.7 Å². The highest BCUT2D eigenvalue weighted by Gasteiger charge is 2.44. The maximum atomic E-state index is 13.7. The summed E-state index contributed by atoms with van der Waals surface area (Å²) >= 11 is 6.41. The fourth-order valence-corrected chi connectivity index (χ4v) is 9.60. The molecule has 7 rings (SSSR count). The fraction of sp³-hybridized carbons (Fsp3) is 0.421. The first-order chi connectivity index (χ1) is 23.6. The zero-order valence-electron chi connectivity index (χ0n) is 27.3. The Morgan fingerprint density at radius 1 is 1.08 bits per heavy atom. The molecule has 258 valence electrons. The lowest BCUT2D eigenvalue weighted by Gasteiger charge is -2.45. The molecule has 0 aromatic heterocycles. The first-order valence-corrected chi connectivity index (χ1v) is 19.1. The van der Waals surface area contributed by atoms with E-state index >= 15 is 0 Å². The highest BCUT2D eigenvalue weighted by molar-refractivity contribution is 7.90. The van der Waals surface area contributed by atoms with Gasteiger partial charge in [-0.05, 0) is 110 Å². The summed E-state index contributed by atoms with van der Waals surface area (Å²) in [6.45, 7) is 1.77. The number of fused-ring (bicyclic) bond motifs is 4. The molecule has 3 N–H and O–H groups in total. The van der Waals surface area contributed by atoms with Gasteiger partial charge in [-0.25, -0.2) is 13.1 Å². The Morgan fingerprint density at radius 2 is 1.92 bits per heavy atom. The molecule has 1 fully saturated rings. The van der Waals surface area contributed by atoms with Crippen LogP contribution in [0.2, 0.25) is 5.02 Å². The van der Waals surface area contributed by atoms with E-state index < -0.39 is 33.2 Å². The van der Waals surface area contributed by atoms with Crippen molar-refractivity contribution in [2.45, 2.75) is 68.1 Å². The number of aryl methyl sites for hydroxylation is 1. The predicted octanol–water partition coefficient (Wildman–Crippen LogP) is 6.01. The van der Waals surface area contributed by atoms with Gasteiger partial charge in [0, 0.05) is 41.2 Å². The SMILES string of the molecule is O=C(C[C@@H]1CC/C=C\[C@H](O)[C@@H]2CC[C@H]2CN2C[C@@]3(CCCc4cc(Cl)ccc43)COc3ccc(cc32)C(=O)NS1(=O)=O)Nc1ccccc1. The van der Waals surface area contributed by atoms with Gasteiger partial charge < -0.3 is 20.1 Å². The first kappa shape index (κ1) is 33.6. The van der Waals surface area contributed by atoms with Crippen LogP contribution in [0.15, 0.2) is 78.9 Å². The maximum absolute atomic E-state index is 13.7. The molecule has 2 aliphatic heterocycles. The lowest BCUT2D eigenvalue weighted by Crippen LogP contribution is -2.49. The van der Waals surface area contributed by atoms with Gasteiger partial charge in [-0.2, -0.15) is 0 Å². The Balaban J connectivity index is 1.22. The molecule has 0 radical (unpaired) electrons. The van der Waals surface area contributed by atoms with E-state index in [1.54, 1.807) is 54.6 Å².